The Morgan fingerprint density at radius 1 is 1.19 bits per heavy atom. The van der Waals surface area contributed by atoms with Gasteiger partial charge in [0.25, 0.3) is 0 Å². The van der Waals surface area contributed by atoms with Gasteiger partial charge in [0.15, 0.2) is 5.82 Å². The molecule has 10 nitrogen and oxygen atoms in total. The fourth-order valence-electron chi connectivity index (χ4n) is 8.62. The average Bonchev–Trinajstić information content (AvgIpc) is 3.76. The third-order valence-electron chi connectivity index (χ3n) is 10.8. The van der Waals surface area contributed by atoms with E-state index in [-0.39, 0.29) is 51.1 Å². The number of aromatic hydroxyl groups is 1. The average molecular weight is 654 g/mol. The molecule has 0 aliphatic carbocycles. The zero-order chi connectivity index (χ0) is 33.2. The van der Waals surface area contributed by atoms with E-state index in [0.29, 0.717) is 54.9 Å². The minimum absolute atomic E-state index is 0.0266. The topological polar surface area (TPSA) is 107 Å². The maximum atomic E-state index is 16.9. The fourth-order valence-corrected chi connectivity index (χ4v) is 8.62. The summed E-state index contributed by atoms with van der Waals surface area (Å²) in [5.74, 6) is 1.45. The summed E-state index contributed by atoms with van der Waals surface area (Å²) >= 11 is 0. The summed E-state index contributed by atoms with van der Waals surface area (Å²) in [6.07, 6.45) is 14.1. The molecule has 2 bridgehead atoms. The van der Waals surface area contributed by atoms with E-state index in [1.807, 2.05) is 0 Å². The van der Waals surface area contributed by atoms with E-state index < -0.39 is 11.6 Å². The number of phenolic OH excluding ortho intramolecular Hbond substituents is 1. The maximum absolute atomic E-state index is 16.9. The summed E-state index contributed by atoms with van der Waals surface area (Å²) in [5.41, 5.74) is -0.169. The lowest BCUT2D eigenvalue weighted by molar-refractivity contribution is -0.117. The van der Waals surface area contributed by atoms with Gasteiger partial charge in [0, 0.05) is 62.0 Å². The lowest BCUT2D eigenvalue weighted by Crippen LogP contribution is -2.51. The van der Waals surface area contributed by atoms with E-state index in [4.69, 9.17) is 16.1 Å². The van der Waals surface area contributed by atoms with E-state index in [2.05, 4.69) is 31.0 Å². The van der Waals surface area contributed by atoms with Crippen molar-refractivity contribution in [2.45, 2.75) is 62.2 Å². The van der Waals surface area contributed by atoms with E-state index in [9.17, 15) is 14.3 Å². The maximum Gasteiger partial charge on any atom is 0.319 e. The summed E-state index contributed by atoms with van der Waals surface area (Å²) in [7, 11) is 1.80. The number of pyridine rings is 1. The molecule has 1 amide bonds. The quantitative estimate of drug-likeness (QED) is 0.214. The first kappa shape index (κ1) is 30.7. The monoisotopic (exact) mass is 653 g/mol. The molecule has 4 atom stereocenters. The number of likely N-dealkylation sites (N-methyl/N-ethyl adjacent to an activating group) is 1. The third kappa shape index (κ3) is 5.07. The Balaban J connectivity index is 1.22. The number of terminal acetylenes is 1. The van der Waals surface area contributed by atoms with Gasteiger partial charge >= 0.3 is 6.01 Å². The van der Waals surface area contributed by atoms with Crippen LogP contribution in [0.4, 0.5) is 14.6 Å². The number of carbonyl (C=O) groups is 1. The minimum atomic E-state index is -0.739. The van der Waals surface area contributed by atoms with Crippen molar-refractivity contribution in [2.75, 3.05) is 44.7 Å². The van der Waals surface area contributed by atoms with Crippen LogP contribution in [-0.2, 0) is 4.79 Å². The number of ether oxygens (including phenoxy) is 1. The Hall–Kier alpha value is -4.60. The zero-order valence-corrected chi connectivity index (χ0v) is 26.8. The molecule has 248 valence electrons. The van der Waals surface area contributed by atoms with Crippen molar-refractivity contribution >= 4 is 33.9 Å². The highest BCUT2D eigenvalue weighted by Gasteiger charge is 2.50. The second-order valence-corrected chi connectivity index (χ2v) is 13.8. The molecule has 12 heteroatoms. The van der Waals surface area contributed by atoms with E-state index in [1.54, 1.807) is 18.1 Å². The Labute approximate surface area is 277 Å². The molecule has 4 saturated heterocycles. The molecule has 2 aromatic carbocycles. The third-order valence-corrected chi connectivity index (χ3v) is 10.8. The molecule has 0 spiro atoms. The van der Waals surface area contributed by atoms with Gasteiger partial charge in [-0.3, -0.25) is 14.7 Å². The number of nitrogens with zero attached hydrogens (tertiary/aromatic N) is 6. The van der Waals surface area contributed by atoms with Crippen LogP contribution in [-0.4, -0.2) is 99.8 Å². The number of piperazine rings is 1. The highest BCUT2D eigenvalue weighted by molar-refractivity contribution is 6.03. The second kappa shape index (κ2) is 11.8. The Morgan fingerprint density at radius 3 is 2.77 bits per heavy atom. The first-order valence-corrected chi connectivity index (χ1v) is 16.6. The first-order valence-electron chi connectivity index (χ1n) is 16.6. The lowest BCUT2D eigenvalue weighted by Gasteiger charge is -2.36. The van der Waals surface area contributed by atoms with Gasteiger partial charge < -0.3 is 25.0 Å². The Kier molecular flexibility index (Phi) is 7.57. The van der Waals surface area contributed by atoms with Gasteiger partial charge in [0.2, 0.25) is 6.41 Å². The number of carbonyl (C=O) groups excluding carboxylic acids is 1. The first-order chi connectivity index (χ1) is 23.3. The zero-order valence-electron chi connectivity index (χ0n) is 26.8. The smallest absolute Gasteiger partial charge is 0.319 e. The number of nitrogens with one attached hydrogen (secondary N) is 1. The number of phenols is 1. The Bertz CT molecular complexity index is 1970. The second-order valence-electron chi connectivity index (χ2n) is 13.8. The lowest BCUT2D eigenvalue weighted by atomic mass is 9.95. The van der Waals surface area contributed by atoms with Crippen molar-refractivity contribution < 1.29 is 23.4 Å². The molecule has 4 aliphatic rings. The number of hydrogen-bond acceptors (Lipinski definition) is 9. The van der Waals surface area contributed by atoms with Crippen molar-refractivity contribution in [3.63, 3.8) is 0 Å². The number of hydrogen-bond donors (Lipinski definition) is 2. The van der Waals surface area contributed by atoms with Crippen LogP contribution in [0.5, 0.6) is 11.8 Å². The van der Waals surface area contributed by atoms with Gasteiger partial charge in [-0.05, 0) is 68.7 Å². The number of rotatable bonds is 8. The number of benzene rings is 2. The van der Waals surface area contributed by atoms with Gasteiger partial charge in [-0.15, -0.1) is 6.42 Å². The fraction of sp³-hybridized carbons (Fsp3) is 0.444. The van der Waals surface area contributed by atoms with Gasteiger partial charge in [0.05, 0.1) is 16.5 Å². The highest BCUT2D eigenvalue weighted by atomic mass is 19.1. The molecular weight excluding hydrogens is 616 g/mol. The molecule has 8 rings (SSSR count). The molecule has 4 aromatic rings. The van der Waals surface area contributed by atoms with Crippen molar-refractivity contribution in [3.05, 3.63) is 47.7 Å². The van der Waals surface area contributed by atoms with Gasteiger partial charge in [-0.25, -0.2) is 8.78 Å². The molecule has 4 fully saturated rings. The molecule has 0 radical (unpaired) electrons. The summed E-state index contributed by atoms with van der Waals surface area (Å²) in [5, 5.41) is 15.4. The highest BCUT2D eigenvalue weighted by Crippen LogP contribution is 2.44. The van der Waals surface area contributed by atoms with Crippen molar-refractivity contribution in [1.29, 1.82) is 0 Å². The molecule has 4 aliphatic heterocycles. The van der Waals surface area contributed by atoms with Crippen molar-refractivity contribution in [3.8, 4) is 35.4 Å². The number of anilines is 1. The summed E-state index contributed by atoms with van der Waals surface area (Å²) in [6.45, 7) is 3.33. The predicted octanol–water partition coefficient (Wildman–Crippen LogP) is 4.21. The van der Waals surface area contributed by atoms with E-state index in [1.165, 1.54) is 24.3 Å². The number of amides is 1. The predicted molar refractivity (Wildman–Crippen MR) is 178 cm³/mol. The molecular formula is C36H37F2N7O3. The van der Waals surface area contributed by atoms with Crippen LogP contribution in [0, 0.1) is 24.0 Å². The molecule has 6 heterocycles. The van der Waals surface area contributed by atoms with Crippen LogP contribution < -0.4 is 15.0 Å². The van der Waals surface area contributed by atoms with Gasteiger partial charge in [-0.1, -0.05) is 12.0 Å². The number of fused-ring (bicyclic) bond motifs is 5. The van der Waals surface area contributed by atoms with Crippen LogP contribution in [0.2, 0.25) is 0 Å². The van der Waals surface area contributed by atoms with E-state index in [0.717, 1.165) is 51.5 Å². The standard InChI is InChI=1S/C36H37F2N7O3/c1-3-26-29(37)8-5-21-13-25(47)14-27(30(21)26)32-31(38)33-28(15-39-32)34(44-16-22-6-7-23(17-44)40-22)42-35(41-33)48-19-36-10-4-12-45(36)24(9-11-36)18-43(2)20-46/h1,5,8,13-15,20,22-24,40,47H,4,6-7,9-12,16-19H2,2H3. The van der Waals surface area contributed by atoms with Gasteiger partial charge in [-0.2, -0.15) is 9.97 Å². The van der Waals surface area contributed by atoms with Crippen LogP contribution in [0.15, 0.2) is 30.5 Å². The van der Waals surface area contributed by atoms with Crippen molar-refractivity contribution in [1.82, 2.24) is 30.1 Å². The van der Waals surface area contributed by atoms with Crippen molar-refractivity contribution in [2.24, 2.45) is 0 Å². The molecule has 2 N–H and O–H groups in total. The van der Waals surface area contributed by atoms with Crippen LogP contribution in [0.3, 0.4) is 0 Å². The van der Waals surface area contributed by atoms with Crippen LogP contribution >= 0.6 is 0 Å². The normalized spacial score (nSPS) is 25.0. The van der Waals surface area contributed by atoms with E-state index >= 15 is 4.39 Å². The molecule has 48 heavy (non-hydrogen) atoms. The summed E-state index contributed by atoms with van der Waals surface area (Å²) in [6, 6.07) is 6.45. The number of halogens is 2. The largest absolute Gasteiger partial charge is 0.508 e. The minimum Gasteiger partial charge on any atom is -0.508 e. The number of aromatic nitrogens is 3. The van der Waals surface area contributed by atoms with Crippen LogP contribution in [0.1, 0.15) is 44.1 Å². The molecule has 4 unspecified atom stereocenters. The SMILES string of the molecule is C#Cc1c(F)ccc2cc(O)cc(-c3ncc4c(N5CC6CCC(C5)N6)nc(OCC56CCCN5C(CN(C)C=O)CC6)nc4c3F)c12. The molecule has 0 saturated carbocycles. The Morgan fingerprint density at radius 2 is 2.00 bits per heavy atom. The molecule has 2 aromatic heterocycles. The summed E-state index contributed by atoms with van der Waals surface area (Å²) in [4.78, 5) is 31.7. The van der Waals surface area contributed by atoms with Gasteiger partial charge in [0.1, 0.15) is 35.2 Å². The summed E-state index contributed by atoms with van der Waals surface area (Å²) < 4.78 is 38.2. The van der Waals surface area contributed by atoms with Crippen LogP contribution in [0.25, 0.3) is 32.9 Å².